The molecule has 0 bridgehead atoms. The Labute approximate surface area is 107 Å². The van der Waals surface area contributed by atoms with Crippen LogP contribution in [0, 0.1) is 0 Å². The molecule has 0 spiro atoms. The van der Waals surface area contributed by atoms with Gasteiger partial charge in [0.05, 0.1) is 5.75 Å². The summed E-state index contributed by atoms with van der Waals surface area (Å²) in [5.41, 5.74) is 5.86. The van der Waals surface area contributed by atoms with Crippen LogP contribution >= 0.6 is 11.8 Å². The molecule has 1 aliphatic rings. The van der Waals surface area contributed by atoms with E-state index in [0.717, 1.165) is 11.0 Å². The lowest BCUT2D eigenvalue weighted by molar-refractivity contribution is 0.308. The van der Waals surface area contributed by atoms with Crippen molar-refractivity contribution in [3.63, 3.8) is 0 Å². The SMILES string of the molecule is Nc1nonc1-c1nc(CSC2CCCC2)no1. The minimum absolute atomic E-state index is 0.161. The second-order valence-electron chi connectivity index (χ2n) is 4.23. The summed E-state index contributed by atoms with van der Waals surface area (Å²) in [6.45, 7) is 0. The van der Waals surface area contributed by atoms with E-state index in [1.54, 1.807) is 0 Å². The third kappa shape index (κ3) is 2.33. The lowest BCUT2D eigenvalue weighted by Crippen LogP contribution is -1.96. The average Bonchev–Trinajstić information content (AvgIpc) is 3.07. The average molecular weight is 267 g/mol. The van der Waals surface area contributed by atoms with Gasteiger partial charge in [0, 0.05) is 5.25 Å². The number of nitrogens with two attached hydrogens (primary N) is 1. The van der Waals surface area contributed by atoms with Crippen LogP contribution in [0.2, 0.25) is 0 Å². The number of aromatic nitrogens is 4. The van der Waals surface area contributed by atoms with E-state index in [4.69, 9.17) is 10.3 Å². The van der Waals surface area contributed by atoms with Gasteiger partial charge in [0.1, 0.15) is 0 Å². The van der Waals surface area contributed by atoms with Gasteiger partial charge in [-0.3, -0.25) is 0 Å². The van der Waals surface area contributed by atoms with Crippen LogP contribution < -0.4 is 5.73 Å². The van der Waals surface area contributed by atoms with Gasteiger partial charge >= 0.3 is 0 Å². The van der Waals surface area contributed by atoms with Crippen molar-refractivity contribution in [1.82, 2.24) is 20.5 Å². The van der Waals surface area contributed by atoms with E-state index in [1.165, 1.54) is 25.7 Å². The van der Waals surface area contributed by atoms with E-state index < -0.39 is 0 Å². The van der Waals surface area contributed by atoms with Gasteiger partial charge in [-0.25, -0.2) is 4.63 Å². The molecular formula is C10H13N5O2S. The standard InChI is InChI=1S/C10H13N5O2S/c11-9-8(14-17-15-9)10-12-7(13-16-10)5-18-6-3-1-2-4-6/h6H,1-5H2,(H2,11,15). The summed E-state index contributed by atoms with van der Waals surface area (Å²) in [6.07, 6.45) is 5.23. The molecule has 8 heteroatoms. The largest absolute Gasteiger partial charge is 0.379 e. The van der Waals surface area contributed by atoms with E-state index in [1.807, 2.05) is 11.8 Å². The van der Waals surface area contributed by atoms with E-state index in [9.17, 15) is 0 Å². The highest BCUT2D eigenvalue weighted by atomic mass is 32.2. The molecule has 3 rings (SSSR count). The number of nitrogens with zero attached hydrogens (tertiary/aromatic N) is 4. The smallest absolute Gasteiger partial charge is 0.284 e. The molecule has 2 heterocycles. The molecule has 1 fully saturated rings. The number of anilines is 1. The van der Waals surface area contributed by atoms with E-state index in [-0.39, 0.29) is 11.7 Å². The summed E-state index contributed by atoms with van der Waals surface area (Å²) < 4.78 is 9.58. The predicted molar refractivity (Wildman–Crippen MR) is 65.6 cm³/mol. The molecule has 0 radical (unpaired) electrons. The fraction of sp³-hybridized carbons (Fsp3) is 0.600. The van der Waals surface area contributed by atoms with Crippen molar-refractivity contribution < 1.29 is 9.15 Å². The molecule has 0 atom stereocenters. The number of hydrogen-bond acceptors (Lipinski definition) is 8. The van der Waals surface area contributed by atoms with E-state index in [2.05, 4.69) is 25.1 Å². The maximum atomic E-state index is 5.55. The zero-order valence-electron chi connectivity index (χ0n) is 9.70. The molecule has 0 aliphatic heterocycles. The summed E-state index contributed by atoms with van der Waals surface area (Å²) in [6, 6.07) is 0. The predicted octanol–water partition coefficient (Wildman–Crippen LogP) is 1.88. The van der Waals surface area contributed by atoms with Crippen molar-refractivity contribution in [1.29, 1.82) is 0 Å². The van der Waals surface area contributed by atoms with E-state index in [0.29, 0.717) is 11.5 Å². The molecule has 7 nitrogen and oxygen atoms in total. The first-order valence-corrected chi connectivity index (χ1v) is 6.90. The minimum atomic E-state index is 0.161. The Balaban J connectivity index is 1.64. The van der Waals surface area contributed by atoms with Crippen LogP contribution in [0.25, 0.3) is 11.6 Å². The monoisotopic (exact) mass is 267 g/mol. The van der Waals surface area contributed by atoms with Gasteiger partial charge in [-0.2, -0.15) is 16.7 Å². The lowest BCUT2D eigenvalue weighted by atomic mass is 10.4. The summed E-state index contributed by atoms with van der Waals surface area (Å²) in [4.78, 5) is 4.23. The summed E-state index contributed by atoms with van der Waals surface area (Å²) >= 11 is 1.88. The van der Waals surface area contributed by atoms with Crippen molar-refractivity contribution >= 4 is 17.6 Å². The summed E-state index contributed by atoms with van der Waals surface area (Å²) in [5.74, 6) is 1.83. The van der Waals surface area contributed by atoms with Crippen molar-refractivity contribution in [2.45, 2.75) is 36.7 Å². The van der Waals surface area contributed by atoms with E-state index >= 15 is 0 Å². The Morgan fingerprint density at radius 3 is 2.78 bits per heavy atom. The van der Waals surface area contributed by atoms with Crippen LogP contribution in [-0.2, 0) is 5.75 Å². The molecular weight excluding hydrogens is 254 g/mol. The third-order valence-electron chi connectivity index (χ3n) is 2.93. The first-order valence-electron chi connectivity index (χ1n) is 5.85. The highest BCUT2D eigenvalue weighted by Gasteiger charge is 2.19. The maximum Gasteiger partial charge on any atom is 0.284 e. The fourth-order valence-corrected chi connectivity index (χ4v) is 3.17. The van der Waals surface area contributed by atoms with Gasteiger partial charge < -0.3 is 10.3 Å². The number of rotatable bonds is 4. The van der Waals surface area contributed by atoms with Crippen LogP contribution in [0.4, 0.5) is 5.82 Å². The molecule has 96 valence electrons. The molecule has 1 aliphatic carbocycles. The topological polar surface area (TPSA) is 104 Å². The normalized spacial score (nSPS) is 16.4. The molecule has 2 aromatic rings. The van der Waals surface area contributed by atoms with Gasteiger partial charge in [0.15, 0.2) is 5.82 Å². The highest BCUT2D eigenvalue weighted by molar-refractivity contribution is 7.99. The quantitative estimate of drug-likeness (QED) is 0.895. The second-order valence-corrected chi connectivity index (χ2v) is 5.52. The Morgan fingerprint density at radius 2 is 2.06 bits per heavy atom. The summed E-state index contributed by atoms with van der Waals surface area (Å²) in [5, 5.41) is 11.7. The maximum absolute atomic E-state index is 5.55. The number of nitrogen functional groups attached to an aromatic ring is 1. The van der Waals surface area contributed by atoms with Crippen LogP contribution in [-0.4, -0.2) is 25.7 Å². The summed E-state index contributed by atoms with van der Waals surface area (Å²) in [7, 11) is 0. The molecule has 18 heavy (non-hydrogen) atoms. The van der Waals surface area contributed by atoms with Crippen molar-refractivity contribution in [2.75, 3.05) is 5.73 Å². The molecule has 1 saturated carbocycles. The van der Waals surface area contributed by atoms with Gasteiger partial charge in [-0.1, -0.05) is 18.0 Å². The Hall–Kier alpha value is -1.57. The van der Waals surface area contributed by atoms with Crippen LogP contribution in [0.15, 0.2) is 9.15 Å². The highest BCUT2D eigenvalue weighted by Crippen LogP contribution is 2.31. The first kappa shape index (κ1) is 11.5. The lowest BCUT2D eigenvalue weighted by Gasteiger charge is -2.04. The molecule has 2 N–H and O–H groups in total. The van der Waals surface area contributed by atoms with Gasteiger partial charge in [0.2, 0.25) is 11.5 Å². The van der Waals surface area contributed by atoms with Gasteiger partial charge in [-0.05, 0) is 23.2 Å². The molecule has 0 saturated heterocycles. The van der Waals surface area contributed by atoms with Crippen LogP contribution in [0.1, 0.15) is 31.5 Å². The molecule has 0 amide bonds. The van der Waals surface area contributed by atoms with Gasteiger partial charge in [-0.15, -0.1) is 0 Å². The third-order valence-corrected chi connectivity index (χ3v) is 4.30. The van der Waals surface area contributed by atoms with Crippen molar-refractivity contribution in [3.8, 4) is 11.6 Å². The Kier molecular flexibility index (Phi) is 3.18. The van der Waals surface area contributed by atoms with Gasteiger partial charge in [0.25, 0.3) is 5.89 Å². The zero-order valence-corrected chi connectivity index (χ0v) is 10.5. The Bertz CT molecular complexity index is 520. The minimum Gasteiger partial charge on any atom is -0.379 e. The molecule has 0 unspecified atom stereocenters. The second kappa shape index (κ2) is 4.97. The Morgan fingerprint density at radius 1 is 1.22 bits per heavy atom. The van der Waals surface area contributed by atoms with Crippen molar-refractivity contribution in [3.05, 3.63) is 5.82 Å². The fourth-order valence-electron chi connectivity index (χ4n) is 2.00. The number of hydrogen-bond donors (Lipinski definition) is 1. The molecule has 2 aromatic heterocycles. The molecule has 0 aromatic carbocycles. The van der Waals surface area contributed by atoms with Crippen LogP contribution in [0.5, 0.6) is 0 Å². The zero-order chi connectivity index (χ0) is 12.4. The van der Waals surface area contributed by atoms with Crippen molar-refractivity contribution in [2.24, 2.45) is 0 Å². The van der Waals surface area contributed by atoms with Crippen LogP contribution in [0.3, 0.4) is 0 Å². The number of thioether (sulfide) groups is 1. The first-order chi connectivity index (χ1) is 8.83.